The molecule has 1 N–H and O–H groups in total. The van der Waals surface area contributed by atoms with Crippen LogP contribution in [-0.2, 0) is 16.6 Å². The number of rotatable bonds is 6. The normalized spacial score (nSPS) is 11.7. The number of nitrogens with one attached hydrogen (secondary N) is 1. The molecule has 0 unspecified atom stereocenters. The van der Waals surface area contributed by atoms with E-state index in [-0.39, 0.29) is 0 Å². The van der Waals surface area contributed by atoms with E-state index in [2.05, 4.69) is 9.82 Å². The Morgan fingerprint density at radius 2 is 1.90 bits per heavy atom. The van der Waals surface area contributed by atoms with Gasteiger partial charge in [0.1, 0.15) is 0 Å². The van der Waals surface area contributed by atoms with Gasteiger partial charge in [-0.15, -0.1) is 0 Å². The van der Waals surface area contributed by atoms with E-state index in [0.717, 1.165) is 11.4 Å². The Hall–Kier alpha value is -1.66. The summed E-state index contributed by atoms with van der Waals surface area (Å²) in [6, 6.07) is 10.4. The Morgan fingerprint density at radius 1 is 1.20 bits per heavy atom. The third-order valence-corrected chi connectivity index (χ3v) is 4.47. The minimum Gasteiger partial charge on any atom is -0.270 e. The molecule has 0 aliphatic rings. The van der Waals surface area contributed by atoms with Crippen molar-refractivity contribution in [1.29, 1.82) is 0 Å². The summed E-state index contributed by atoms with van der Waals surface area (Å²) >= 11 is 0. The molecule has 0 aliphatic carbocycles. The van der Waals surface area contributed by atoms with Gasteiger partial charge in [0.2, 0.25) is 10.0 Å². The Balaban J connectivity index is 1.86. The van der Waals surface area contributed by atoms with Crippen LogP contribution in [0.15, 0.2) is 41.3 Å². The highest BCUT2D eigenvalue weighted by atomic mass is 32.2. The molecule has 0 saturated carbocycles. The SMILES string of the molecule is Cc1cc(C)n(CCCNS(=O)(=O)c2ccccc2)n1. The molecular formula is C14H19N3O2S. The minimum absolute atomic E-state index is 0.297. The molecule has 0 radical (unpaired) electrons. The number of nitrogens with zero attached hydrogens (tertiary/aromatic N) is 2. The maximum atomic E-state index is 12.0. The maximum Gasteiger partial charge on any atom is 0.240 e. The fourth-order valence-electron chi connectivity index (χ4n) is 2.02. The van der Waals surface area contributed by atoms with Gasteiger partial charge in [0.15, 0.2) is 0 Å². The van der Waals surface area contributed by atoms with E-state index in [1.807, 2.05) is 24.6 Å². The van der Waals surface area contributed by atoms with Crippen molar-refractivity contribution in [2.45, 2.75) is 31.7 Å². The van der Waals surface area contributed by atoms with Gasteiger partial charge >= 0.3 is 0 Å². The molecule has 0 saturated heterocycles. The lowest BCUT2D eigenvalue weighted by atomic mass is 10.4. The van der Waals surface area contributed by atoms with Gasteiger partial charge in [0.05, 0.1) is 10.6 Å². The Bertz CT molecular complexity index is 663. The highest BCUT2D eigenvalue weighted by molar-refractivity contribution is 7.89. The van der Waals surface area contributed by atoms with Crippen molar-refractivity contribution >= 4 is 10.0 Å². The molecule has 2 rings (SSSR count). The highest BCUT2D eigenvalue weighted by Crippen LogP contribution is 2.07. The highest BCUT2D eigenvalue weighted by Gasteiger charge is 2.12. The molecule has 2 aromatic rings. The standard InChI is InChI=1S/C14H19N3O2S/c1-12-11-13(2)17(16-12)10-6-9-15-20(18,19)14-7-4-3-5-8-14/h3-5,7-8,11,15H,6,9-10H2,1-2H3. The number of benzene rings is 1. The molecular weight excluding hydrogens is 274 g/mol. The molecule has 0 amide bonds. The van der Waals surface area contributed by atoms with Gasteiger partial charge < -0.3 is 0 Å². The van der Waals surface area contributed by atoms with E-state index in [9.17, 15) is 8.42 Å². The maximum absolute atomic E-state index is 12.0. The van der Waals surface area contributed by atoms with Gasteiger partial charge in [-0.05, 0) is 38.5 Å². The van der Waals surface area contributed by atoms with Crippen LogP contribution in [0.1, 0.15) is 17.8 Å². The second-order valence-electron chi connectivity index (χ2n) is 4.71. The molecule has 1 heterocycles. The fourth-order valence-corrected chi connectivity index (χ4v) is 3.11. The molecule has 1 aromatic carbocycles. The summed E-state index contributed by atoms with van der Waals surface area (Å²) in [5.74, 6) is 0. The van der Waals surface area contributed by atoms with Gasteiger partial charge in [0.25, 0.3) is 0 Å². The average Bonchev–Trinajstić information content (AvgIpc) is 2.74. The van der Waals surface area contributed by atoms with Crippen LogP contribution in [0.4, 0.5) is 0 Å². The third-order valence-electron chi connectivity index (χ3n) is 3.00. The fraction of sp³-hybridized carbons (Fsp3) is 0.357. The van der Waals surface area contributed by atoms with Gasteiger partial charge in [-0.25, -0.2) is 13.1 Å². The van der Waals surface area contributed by atoms with Crippen LogP contribution >= 0.6 is 0 Å². The van der Waals surface area contributed by atoms with E-state index in [0.29, 0.717) is 24.4 Å². The van der Waals surface area contributed by atoms with E-state index in [1.54, 1.807) is 30.3 Å². The van der Waals surface area contributed by atoms with Crippen LogP contribution in [-0.4, -0.2) is 24.7 Å². The van der Waals surface area contributed by atoms with Crippen molar-refractivity contribution in [3.8, 4) is 0 Å². The molecule has 6 heteroatoms. The van der Waals surface area contributed by atoms with Gasteiger partial charge in [-0.1, -0.05) is 18.2 Å². The van der Waals surface area contributed by atoms with Gasteiger partial charge in [0, 0.05) is 18.8 Å². The predicted octanol–water partition coefficient (Wildman–Crippen LogP) is 1.87. The lowest BCUT2D eigenvalue weighted by Crippen LogP contribution is -2.25. The zero-order valence-electron chi connectivity index (χ0n) is 11.7. The van der Waals surface area contributed by atoms with E-state index in [1.165, 1.54) is 0 Å². The van der Waals surface area contributed by atoms with Crippen molar-refractivity contribution in [2.24, 2.45) is 0 Å². The minimum atomic E-state index is -3.40. The van der Waals surface area contributed by atoms with Crippen LogP contribution in [0, 0.1) is 13.8 Å². The molecule has 1 aromatic heterocycles. The molecule has 0 spiro atoms. The monoisotopic (exact) mass is 293 g/mol. The second kappa shape index (κ2) is 6.19. The summed E-state index contributed by atoms with van der Waals surface area (Å²) in [4.78, 5) is 0.297. The van der Waals surface area contributed by atoms with Crippen LogP contribution < -0.4 is 4.72 Å². The summed E-state index contributed by atoms with van der Waals surface area (Å²) in [7, 11) is -3.40. The van der Waals surface area contributed by atoms with Crippen LogP contribution in [0.3, 0.4) is 0 Å². The summed E-state index contributed by atoms with van der Waals surface area (Å²) in [6.07, 6.45) is 0.702. The first-order valence-corrected chi connectivity index (χ1v) is 8.03. The van der Waals surface area contributed by atoms with Crippen molar-refractivity contribution in [3.63, 3.8) is 0 Å². The summed E-state index contributed by atoms with van der Waals surface area (Å²) in [6.45, 7) is 5.04. The Kier molecular flexibility index (Phi) is 4.57. The van der Waals surface area contributed by atoms with Gasteiger partial charge in [-0.3, -0.25) is 4.68 Å². The molecule has 0 atom stereocenters. The summed E-state index contributed by atoms with van der Waals surface area (Å²) in [5.41, 5.74) is 2.07. The third kappa shape index (κ3) is 3.68. The molecule has 0 bridgehead atoms. The zero-order valence-corrected chi connectivity index (χ0v) is 12.5. The van der Waals surface area contributed by atoms with E-state index < -0.39 is 10.0 Å². The first-order valence-electron chi connectivity index (χ1n) is 6.55. The number of sulfonamides is 1. The number of hydrogen-bond acceptors (Lipinski definition) is 3. The lowest BCUT2D eigenvalue weighted by molar-refractivity contribution is 0.544. The molecule has 108 valence electrons. The Morgan fingerprint density at radius 3 is 2.50 bits per heavy atom. The van der Waals surface area contributed by atoms with Crippen molar-refractivity contribution in [3.05, 3.63) is 47.8 Å². The van der Waals surface area contributed by atoms with Crippen molar-refractivity contribution < 1.29 is 8.42 Å². The summed E-state index contributed by atoms with van der Waals surface area (Å²) < 4.78 is 28.5. The molecule has 0 fully saturated rings. The molecule has 5 nitrogen and oxygen atoms in total. The smallest absolute Gasteiger partial charge is 0.240 e. The largest absolute Gasteiger partial charge is 0.270 e. The van der Waals surface area contributed by atoms with Crippen LogP contribution in [0.2, 0.25) is 0 Å². The first-order chi connectivity index (χ1) is 9.49. The van der Waals surface area contributed by atoms with E-state index in [4.69, 9.17) is 0 Å². The van der Waals surface area contributed by atoms with Gasteiger partial charge in [-0.2, -0.15) is 5.10 Å². The quantitative estimate of drug-likeness (QED) is 0.827. The molecule has 20 heavy (non-hydrogen) atoms. The van der Waals surface area contributed by atoms with Crippen molar-refractivity contribution in [2.75, 3.05) is 6.54 Å². The predicted molar refractivity (Wildman–Crippen MR) is 77.9 cm³/mol. The van der Waals surface area contributed by atoms with Crippen molar-refractivity contribution in [1.82, 2.24) is 14.5 Å². The number of aryl methyl sites for hydroxylation is 3. The number of aromatic nitrogens is 2. The first kappa shape index (κ1) is 14.7. The van der Waals surface area contributed by atoms with Crippen LogP contribution in [0.5, 0.6) is 0 Å². The topological polar surface area (TPSA) is 64.0 Å². The van der Waals surface area contributed by atoms with E-state index >= 15 is 0 Å². The second-order valence-corrected chi connectivity index (χ2v) is 6.48. The number of hydrogen-bond donors (Lipinski definition) is 1. The average molecular weight is 293 g/mol. The van der Waals surface area contributed by atoms with Crippen LogP contribution in [0.25, 0.3) is 0 Å². The molecule has 0 aliphatic heterocycles. The zero-order chi connectivity index (χ0) is 14.6. The summed E-state index contributed by atoms with van der Waals surface area (Å²) in [5, 5.41) is 4.34. The Labute approximate surface area is 119 Å². The lowest BCUT2D eigenvalue weighted by Gasteiger charge is -2.07.